The molecule has 0 fully saturated rings. The van der Waals surface area contributed by atoms with Gasteiger partial charge in [0.2, 0.25) is 5.95 Å². The number of hydrogen-bond donors (Lipinski definition) is 1. The van der Waals surface area contributed by atoms with Gasteiger partial charge in [-0.05, 0) is 12.1 Å². The van der Waals surface area contributed by atoms with Crippen molar-refractivity contribution < 1.29 is 0 Å². The lowest BCUT2D eigenvalue weighted by Crippen LogP contribution is -2.27. The smallest absolute Gasteiger partial charge is 0.295 e. The molecule has 0 bridgehead atoms. The summed E-state index contributed by atoms with van der Waals surface area (Å²) >= 11 is 6.18. The quantitative estimate of drug-likeness (QED) is 0.792. The lowest BCUT2D eigenvalue weighted by molar-refractivity contribution is 0.759. The Morgan fingerprint density at radius 1 is 1.43 bits per heavy atom. The van der Waals surface area contributed by atoms with Gasteiger partial charge in [-0.25, -0.2) is 4.98 Å². The molecule has 116 valence electrons. The molecule has 0 saturated carbocycles. The van der Waals surface area contributed by atoms with E-state index in [0.29, 0.717) is 24.6 Å². The number of benzene rings is 1. The minimum absolute atomic E-state index is 0.0425. The molecule has 23 heavy (non-hydrogen) atoms. The highest BCUT2D eigenvalue weighted by atomic mass is 35.5. The summed E-state index contributed by atoms with van der Waals surface area (Å²) in [6.07, 6.45) is 1.83. The fraction of sp³-hybridized carbons (Fsp3) is 0.200. The third kappa shape index (κ3) is 2.76. The third-order valence-corrected chi connectivity index (χ3v) is 3.80. The second-order valence-corrected chi connectivity index (χ2v) is 5.35. The maximum absolute atomic E-state index is 12.5. The summed E-state index contributed by atoms with van der Waals surface area (Å²) in [6, 6.07) is 9.49. The molecule has 0 saturated heterocycles. The zero-order valence-corrected chi connectivity index (χ0v) is 13.1. The standard InChI is InChI=1S/C15H13ClN6O/c1-21(8-4-7-17)12-9-18-22(14(23)13(12)16)15-19-10-5-2-3-6-11(10)20-15/h2-3,5-6,9H,4,8H2,1H3,(H,19,20). The number of imidazole rings is 1. The Morgan fingerprint density at radius 2 is 2.22 bits per heavy atom. The number of fused-ring (bicyclic) bond motifs is 1. The number of aromatic nitrogens is 4. The zero-order chi connectivity index (χ0) is 16.4. The van der Waals surface area contributed by atoms with Crippen LogP contribution in [0.15, 0.2) is 35.3 Å². The number of anilines is 1. The van der Waals surface area contributed by atoms with Gasteiger partial charge < -0.3 is 9.88 Å². The average molecular weight is 329 g/mol. The Labute approximate surface area is 136 Å². The lowest BCUT2D eigenvalue weighted by atomic mass is 10.3. The number of rotatable bonds is 4. The van der Waals surface area contributed by atoms with Crippen LogP contribution in [0.5, 0.6) is 0 Å². The fourth-order valence-electron chi connectivity index (χ4n) is 2.22. The number of nitrogens with zero attached hydrogens (tertiary/aromatic N) is 5. The predicted molar refractivity (Wildman–Crippen MR) is 88.0 cm³/mol. The second kappa shape index (κ2) is 6.10. The van der Waals surface area contributed by atoms with Crippen molar-refractivity contribution in [2.75, 3.05) is 18.5 Å². The van der Waals surface area contributed by atoms with Crippen LogP contribution < -0.4 is 10.5 Å². The average Bonchev–Trinajstić information content (AvgIpc) is 2.98. The molecule has 2 aromatic heterocycles. The van der Waals surface area contributed by atoms with Gasteiger partial charge in [-0.2, -0.15) is 15.0 Å². The van der Waals surface area contributed by atoms with Crippen LogP contribution in [-0.2, 0) is 0 Å². The molecule has 3 rings (SSSR count). The van der Waals surface area contributed by atoms with E-state index in [4.69, 9.17) is 16.9 Å². The van der Waals surface area contributed by atoms with Gasteiger partial charge in [-0.15, -0.1) is 0 Å². The number of nitrogens with one attached hydrogen (secondary N) is 1. The minimum Gasteiger partial charge on any atom is -0.371 e. The summed E-state index contributed by atoms with van der Waals surface area (Å²) < 4.78 is 1.13. The Hall–Kier alpha value is -2.85. The Bertz CT molecular complexity index is 921. The van der Waals surface area contributed by atoms with E-state index >= 15 is 0 Å². The molecule has 0 amide bonds. The minimum atomic E-state index is -0.466. The maximum atomic E-state index is 12.5. The van der Waals surface area contributed by atoms with E-state index < -0.39 is 5.56 Å². The molecule has 3 aromatic rings. The van der Waals surface area contributed by atoms with E-state index in [0.717, 1.165) is 15.7 Å². The summed E-state index contributed by atoms with van der Waals surface area (Å²) in [6.45, 7) is 0.464. The normalized spacial score (nSPS) is 10.7. The second-order valence-electron chi connectivity index (χ2n) is 4.97. The van der Waals surface area contributed by atoms with Gasteiger partial charge >= 0.3 is 0 Å². The van der Waals surface area contributed by atoms with E-state index in [-0.39, 0.29) is 5.02 Å². The van der Waals surface area contributed by atoms with Crippen molar-refractivity contribution in [2.24, 2.45) is 0 Å². The third-order valence-electron chi connectivity index (χ3n) is 3.45. The van der Waals surface area contributed by atoms with Crippen molar-refractivity contribution in [1.82, 2.24) is 19.7 Å². The van der Waals surface area contributed by atoms with Crippen LogP contribution in [0.3, 0.4) is 0 Å². The van der Waals surface area contributed by atoms with Crippen molar-refractivity contribution in [1.29, 1.82) is 5.26 Å². The van der Waals surface area contributed by atoms with Crippen molar-refractivity contribution in [3.8, 4) is 12.0 Å². The molecule has 8 heteroatoms. The molecule has 7 nitrogen and oxygen atoms in total. The molecule has 0 atom stereocenters. The lowest BCUT2D eigenvalue weighted by Gasteiger charge is -2.18. The number of aromatic amines is 1. The summed E-state index contributed by atoms with van der Waals surface area (Å²) in [5.74, 6) is 0.310. The number of halogens is 1. The maximum Gasteiger partial charge on any atom is 0.295 e. The van der Waals surface area contributed by atoms with E-state index in [1.807, 2.05) is 24.3 Å². The van der Waals surface area contributed by atoms with E-state index in [9.17, 15) is 4.79 Å². The topological polar surface area (TPSA) is 90.6 Å². The first kappa shape index (κ1) is 15.1. The van der Waals surface area contributed by atoms with Crippen molar-refractivity contribution in [3.63, 3.8) is 0 Å². The van der Waals surface area contributed by atoms with Crippen LogP contribution >= 0.6 is 11.6 Å². The van der Waals surface area contributed by atoms with Crippen molar-refractivity contribution in [3.05, 3.63) is 45.8 Å². The van der Waals surface area contributed by atoms with E-state index in [2.05, 4.69) is 21.1 Å². The van der Waals surface area contributed by atoms with Gasteiger partial charge in [-0.3, -0.25) is 4.79 Å². The fourth-order valence-corrected chi connectivity index (χ4v) is 2.49. The van der Waals surface area contributed by atoms with Crippen molar-refractivity contribution in [2.45, 2.75) is 6.42 Å². The molecule has 0 spiro atoms. The van der Waals surface area contributed by atoms with Crippen LogP contribution in [0, 0.1) is 11.3 Å². The van der Waals surface area contributed by atoms with Crippen LogP contribution in [0.25, 0.3) is 17.0 Å². The highest BCUT2D eigenvalue weighted by Gasteiger charge is 2.15. The monoisotopic (exact) mass is 328 g/mol. The molecule has 0 aliphatic rings. The molecule has 0 aliphatic carbocycles. The van der Waals surface area contributed by atoms with Gasteiger partial charge in [0.25, 0.3) is 5.56 Å². The summed E-state index contributed by atoms with van der Waals surface area (Å²) in [7, 11) is 1.76. The van der Waals surface area contributed by atoms with Gasteiger partial charge in [0.1, 0.15) is 5.02 Å². The highest BCUT2D eigenvalue weighted by molar-refractivity contribution is 6.33. The summed E-state index contributed by atoms with van der Waals surface area (Å²) in [5, 5.41) is 12.8. The van der Waals surface area contributed by atoms with Crippen LogP contribution in [0.2, 0.25) is 5.02 Å². The zero-order valence-electron chi connectivity index (χ0n) is 12.3. The number of hydrogen-bond acceptors (Lipinski definition) is 5. The first-order valence-electron chi connectivity index (χ1n) is 6.93. The molecule has 1 N–H and O–H groups in total. The van der Waals surface area contributed by atoms with E-state index in [1.165, 1.54) is 6.20 Å². The Balaban J connectivity index is 2.03. The van der Waals surface area contributed by atoms with Crippen LogP contribution in [-0.4, -0.2) is 33.3 Å². The van der Waals surface area contributed by atoms with Gasteiger partial charge in [0, 0.05) is 13.6 Å². The first-order chi connectivity index (χ1) is 11.1. The number of nitriles is 1. The number of para-hydroxylation sites is 2. The molecule has 0 aliphatic heterocycles. The largest absolute Gasteiger partial charge is 0.371 e. The van der Waals surface area contributed by atoms with E-state index in [1.54, 1.807) is 11.9 Å². The first-order valence-corrected chi connectivity index (χ1v) is 7.30. The molecule has 0 radical (unpaired) electrons. The van der Waals surface area contributed by atoms with Crippen LogP contribution in [0.4, 0.5) is 5.69 Å². The Kier molecular flexibility index (Phi) is 4.00. The van der Waals surface area contributed by atoms with Crippen LogP contribution in [0.1, 0.15) is 6.42 Å². The highest BCUT2D eigenvalue weighted by Crippen LogP contribution is 2.20. The molecule has 1 aromatic carbocycles. The molecular weight excluding hydrogens is 316 g/mol. The van der Waals surface area contributed by atoms with Gasteiger partial charge in [0.05, 0.1) is 35.4 Å². The van der Waals surface area contributed by atoms with Gasteiger partial charge in [-0.1, -0.05) is 23.7 Å². The SMILES string of the molecule is CN(CCC#N)c1cnn(-c2nc3ccccc3[nH]2)c(=O)c1Cl. The summed E-state index contributed by atoms with van der Waals surface area (Å²) in [4.78, 5) is 21.6. The number of H-pyrrole nitrogens is 1. The van der Waals surface area contributed by atoms with Crippen molar-refractivity contribution >= 4 is 28.3 Å². The molecule has 0 unspecified atom stereocenters. The predicted octanol–water partition coefficient (Wildman–Crippen LogP) is 2.11. The summed E-state index contributed by atoms with van der Waals surface area (Å²) in [5.41, 5.74) is 1.57. The molecule has 2 heterocycles. The van der Waals surface area contributed by atoms with Gasteiger partial charge in [0.15, 0.2) is 0 Å². The molecular formula is C15H13ClN6O. The Morgan fingerprint density at radius 3 is 2.96 bits per heavy atom.